The molecule has 25 heavy (non-hydrogen) atoms. The second-order valence-electron chi connectivity index (χ2n) is 7.96. The van der Waals surface area contributed by atoms with Gasteiger partial charge >= 0.3 is 0 Å². The minimum absolute atomic E-state index is 0.711. The fourth-order valence-electron chi connectivity index (χ4n) is 4.56. The highest BCUT2D eigenvalue weighted by atomic mass is 32.1. The largest absolute Gasteiger partial charge is 0.349 e. The Kier molecular flexibility index (Phi) is 6.34. The molecule has 4 heteroatoms. The zero-order valence-electron chi connectivity index (χ0n) is 16.0. The number of hydrogen-bond donors (Lipinski definition) is 1. The first-order valence-electron chi connectivity index (χ1n) is 9.89. The van der Waals surface area contributed by atoms with Crippen LogP contribution < -0.4 is 5.32 Å². The third-order valence-corrected chi connectivity index (χ3v) is 6.66. The molecule has 1 N–H and O–H groups in total. The van der Waals surface area contributed by atoms with Gasteiger partial charge in [0.1, 0.15) is 0 Å². The van der Waals surface area contributed by atoms with Crippen LogP contribution in [0.25, 0.3) is 0 Å². The van der Waals surface area contributed by atoms with Crippen LogP contribution in [0.3, 0.4) is 0 Å². The third-order valence-electron chi connectivity index (χ3n) is 6.30. The predicted octanol–water partition coefficient (Wildman–Crippen LogP) is 4.67. The average Bonchev–Trinajstić information content (AvgIpc) is 2.63. The molecule has 3 rings (SSSR count). The van der Waals surface area contributed by atoms with E-state index in [1.165, 1.54) is 44.1 Å². The van der Waals surface area contributed by atoms with Crippen molar-refractivity contribution in [2.45, 2.75) is 64.5 Å². The summed E-state index contributed by atoms with van der Waals surface area (Å²) in [5, 5.41) is 4.31. The van der Waals surface area contributed by atoms with Gasteiger partial charge in [-0.05, 0) is 69.4 Å². The Morgan fingerprint density at radius 1 is 1.12 bits per heavy atom. The molecule has 3 nitrogen and oxygen atoms in total. The molecule has 0 amide bonds. The van der Waals surface area contributed by atoms with E-state index in [2.05, 4.69) is 60.3 Å². The standard InChI is InChI=1S/C21H33N3S/c1-16-8-4-6-10-19(16)22-21(25)24-14-12-18(13-15-24)23(3)20-11-7-5-9-17(20)2/h4,6,8,10,17-18,20H,5,7,9,11-15H2,1-3H3,(H,22,25)/t17-,20-/m1/s1. The maximum atomic E-state index is 5.67. The molecule has 2 aliphatic rings. The van der Waals surface area contributed by atoms with Crippen LogP contribution in [0.1, 0.15) is 51.0 Å². The highest BCUT2D eigenvalue weighted by Gasteiger charge is 2.31. The van der Waals surface area contributed by atoms with Crippen molar-refractivity contribution >= 4 is 23.0 Å². The fourth-order valence-corrected chi connectivity index (χ4v) is 4.85. The van der Waals surface area contributed by atoms with E-state index in [1.807, 2.05) is 0 Å². The summed E-state index contributed by atoms with van der Waals surface area (Å²) < 4.78 is 0. The molecule has 1 aromatic carbocycles. The number of nitrogens with one attached hydrogen (secondary N) is 1. The Morgan fingerprint density at radius 3 is 2.48 bits per heavy atom. The topological polar surface area (TPSA) is 18.5 Å². The average molecular weight is 360 g/mol. The second kappa shape index (κ2) is 8.50. The smallest absolute Gasteiger partial charge is 0.173 e. The van der Waals surface area contributed by atoms with Gasteiger partial charge in [-0.3, -0.25) is 0 Å². The number of anilines is 1. The van der Waals surface area contributed by atoms with E-state index in [-0.39, 0.29) is 0 Å². The van der Waals surface area contributed by atoms with Crippen molar-refractivity contribution in [1.29, 1.82) is 0 Å². The fraction of sp³-hybridized carbons (Fsp3) is 0.667. The normalized spacial score (nSPS) is 25.2. The summed E-state index contributed by atoms with van der Waals surface area (Å²) in [6, 6.07) is 9.84. The molecule has 0 radical (unpaired) electrons. The molecule has 1 heterocycles. The summed E-state index contributed by atoms with van der Waals surface area (Å²) in [5.74, 6) is 0.848. The van der Waals surface area contributed by atoms with Crippen molar-refractivity contribution < 1.29 is 0 Å². The first kappa shape index (κ1) is 18.7. The Balaban J connectivity index is 1.51. The summed E-state index contributed by atoms with van der Waals surface area (Å²) in [6.45, 7) is 6.69. The van der Waals surface area contributed by atoms with Crippen LogP contribution >= 0.6 is 12.2 Å². The number of nitrogens with zero attached hydrogens (tertiary/aromatic N) is 2. The van der Waals surface area contributed by atoms with Gasteiger partial charge in [0, 0.05) is 30.9 Å². The van der Waals surface area contributed by atoms with E-state index >= 15 is 0 Å². The zero-order chi connectivity index (χ0) is 17.8. The number of para-hydroxylation sites is 1. The number of aryl methyl sites for hydroxylation is 1. The van der Waals surface area contributed by atoms with Crippen molar-refractivity contribution in [3.63, 3.8) is 0 Å². The molecule has 1 saturated heterocycles. The quantitative estimate of drug-likeness (QED) is 0.790. The van der Waals surface area contributed by atoms with Gasteiger partial charge in [-0.15, -0.1) is 0 Å². The first-order valence-corrected chi connectivity index (χ1v) is 10.3. The number of hydrogen-bond acceptors (Lipinski definition) is 2. The number of rotatable bonds is 3. The molecule has 1 aliphatic heterocycles. The van der Waals surface area contributed by atoms with Crippen LogP contribution in [0, 0.1) is 12.8 Å². The number of benzene rings is 1. The summed E-state index contributed by atoms with van der Waals surface area (Å²) in [7, 11) is 2.36. The molecule has 0 unspecified atom stereocenters. The second-order valence-corrected chi connectivity index (χ2v) is 8.34. The van der Waals surface area contributed by atoms with Crippen molar-refractivity contribution in [2.75, 3.05) is 25.5 Å². The SMILES string of the molecule is Cc1ccccc1NC(=S)N1CCC(N(C)[C@@H]2CCCC[C@H]2C)CC1. The van der Waals surface area contributed by atoms with Gasteiger partial charge < -0.3 is 15.1 Å². The molecular weight excluding hydrogens is 326 g/mol. The molecule has 1 saturated carbocycles. The van der Waals surface area contributed by atoms with Crippen LogP contribution in [-0.2, 0) is 0 Å². The van der Waals surface area contributed by atoms with E-state index in [4.69, 9.17) is 12.2 Å². The maximum Gasteiger partial charge on any atom is 0.173 e. The molecular formula is C21H33N3S. The Bertz CT molecular complexity index is 580. The van der Waals surface area contributed by atoms with Gasteiger partial charge in [0.25, 0.3) is 0 Å². The van der Waals surface area contributed by atoms with Gasteiger partial charge in [0.2, 0.25) is 0 Å². The summed E-state index contributed by atoms with van der Waals surface area (Å²) in [5.41, 5.74) is 2.37. The summed E-state index contributed by atoms with van der Waals surface area (Å²) >= 11 is 5.67. The van der Waals surface area contributed by atoms with Crippen LogP contribution in [0.2, 0.25) is 0 Å². The van der Waals surface area contributed by atoms with Gasteiger partial charge in [-0.1, -0.05) is 38.0 Å². The lowest BCUT2D eigenvalue weighted by molar-refractivity contribution is 0.0691. The Hall–Kier alpha value is -1.13. The molecule has 1 aromatic rings. The first-order chi connectivity index (χ1) is 12.1. The minimum Gasteiger partial charge on any atom is -0.349 e. The van der Waals surface area contributed by atoms with Crippen molar-refractivity contribution in [2.24, 2.45) is 5.92 Å². The number of likely N-dealkylation sites (tertiary alicyclic amines) is 1. The van der Waals surface area contributed by atoms with Crippen molar-refractivity contribution in [3.8, 4) is 0 Å². The molecule has 2 atom stereocenters. The van der Waals surface area contributed by atoms with E-state index < -0.39 is 0 Å². The van der Waals surface area contributed by atoms with E-state index in [0.717, 1.165) is 35.8 Å². The van der Waals surface area contributed by atoms with Gasteiger partial charge in [-0.25, -0.2) is 0 Å². The maximum absolute atomic E-state index is 5.67. The van der Waals surface area contributed by atoms with Crippen molar-refractivity contribution in [1.82, 2.24) is 9.80 Å². The minimum atomic E-state index is 0.711. The van der Waals surface area contributed by atoms with Gasteiger partial charge in [-0.2, -0.15) is 0 Å². The van der Waals surface area contributed by atoms with E-state index in [1.54, 1.807) is 0 Å². The van der Waals surface area contributed by atoms with Crippen LogP contribution in [0.5, 0.6) is 0 Å². The van der Waals surface area contributed by atoms with E-state index in [9.17, 15) is 0 Å². The van der Waals surface area contributed by atoms with E-state index in [0.29, 0.717) is 6.04 Å². The van der Waals surface area contributed by atoms with Crippen LogP contribution in [-0.4, -0.2) is 47.1 Å². The Labute approximate surface area is 158 Å². The summed E-state index contributed by atoms with van der Waals surface area (Å²) in [6.07, 6.45) is 8.04. The highest BCUT2D eigenvalue weighted by molar-refractivity contribution is 7.80. The molecule has 0 spiro atoms. The lowest BCUT2D eigenvalue weighted by Gasteiger charge is -2.44. The molecule has 2 fully saturated rings. The molecule has 0 bridgehead atoms. The number of piperidine rings is 1. The predicted molar refractivity (Wildman–Crippen MR) is 111 cm³/mol. The molecule has 0 aromatic heterocycles. The highest BCUT2D eigenvalue weighted by Crippen LogP contribution is 2.30. The summed E-state index contributed by atoms with van der Waals surface area (Å²) in [4.78, 5) is 5.04. The van der Waals surface area contributed by atoms with Gasteiger partial charge in [0.15, 0.2) is 5.11 Å². The van der Waals surface area contributed by atoms with Crippen LogP contribution in [0.4, 0.5) is 5.69 Å². The molecule has 138 valence electrons. The lowest BCUT2D eigenvalue weighted by Crippen LogP contribution is -2.51. The Morgan fingerprint density at radius 2 is 1.80 bits per heavy atom. The zero-order valence-corrected chi connectivity index (χ0v) is 16.8. The van der Waals surface area contributed by atoms with Gasteiger partial charge in [0.05, 0.1) is 0 Å². The van der Waals surface area contributed by atoms with Crippen molar-refractivity contribution in [3.05, 3.63) is 29.8 Å². The van der Waals surface area contributed by atoms with Crippen LogP contribution in [0.15, 0.2) is 24.3 Å². The lowest BCUT2D eigenvalue weighted by atomic mass is 9.84. The third kappa shape index (κ3) is 4.53. The monoisotopic (exact) mass is 359 g/mol. The number of thiocarbonyl (C=S) groups is 1. The molecule has 1 aliphatic carbocycles.